The summed E-state index contributed by atoms with van der Waals surface area (Å²) in [7, 11) is 2.78. The maximum Gasteiger partial charge on any atom is 0.329 e. The summed E-state index contributed by atoms with van der Waals surface area (Å²) in [5, 5.41) is 6.12. The van der Waals surface area contributed by atoms with Crippen LogP contribution in [0.15, 0.2) is 41.5 Å². The Balaban J connectivity index is 2.10. The van der Waals surface area contributed by atoms with Gasteiger partial charge in [-0.25, -0.2) is 9.82 Å². The van der Waals surface area contributed by atoms with E-state index in [2.05, 4.69) is 15.8 Å². The zero-order valence-corrected chi connectivity index (χ0v) is 15.3. The molecule has 0 aliphatic heterocycles. The number of carbonyl (C=O) groups is 2. The van der Waals surface area contributed by atoms with Gasteiger partial charge in [-0.3, -0.25) is 9.59 Å². The molecule has 2 amide bonds. The molecule has 0 fully saturated rings. The average Bonchev–Trinajstić information content (AvgIpc) is 2.67. The van der Waals surface area contributed by atoms with Gasteiger partial charge in [0.1, 0.15) is 12.4 Å². The largest absolute Gasteiger partial charge is 0.493 e. The zero-order valence-electron chi connectivity index (χ0n) is 14.6. The minimum Gasteiger partial charge on any atom is -0.493 e. The van der Waals surface area contributed by atoms with Crippen LogP contribution in [0.1, 0.15) is 11.1 Å². The first-order valence-corrected chi connectivity index (χ1v) is 8.12. The van der Waals surface area contributed by atoms with Gasteiger partial charge in [0.15, 0.2) is 11.5 Å². The summed E-state index contributed by atoms with van der Waals surface area (Å²) in [6, 6.07) is 9.03. The molecule has 9 heteroatoms. The first-order valence-electron chi connectivity index (χ1n) is 7.74. The van der Waals surface area contributed by atoms with Crippen molar-refractivity contribution in [3.63, 3.8) is 0 Å². The van der Waals surface area contributed by atoms with Gasteiger partial charge in [0, 0.05) is 7.05 Å². The first kappa shape index (κ1) is 20.2. The summed E-state index contributed by atoms with van der Waals surface area (Å²) in [5.74, 6) is -1.38. The number of likely N-dealkylation sites (N-methyl/N-ethyl adjacent to an activating group) is 1. The van der Waals surface area contributed by atoms with Crippen molar-refractivity contribution in [2.24, 2.45) is 5.10 Å². The topological polar surface area (TPSA) is 89.0 Å². The highest BCUT2D eigenvalue weighted by Gasteiger charge is 2.13. The number of amides is 2. The lowest BCUT2D eigenvalue weighted by molar-refractivity contribution is -0.138. The van der Waals surface area contributed by atoms with Crippen LogP contribution in [0.25, 0.3) is 0 Å². The third-order valence-electron chi connectivity index (χ3n) is 3.36. The van der Waals surface area contributed by atoms with Crippen LogP contribution in [0, 0.1) is 5.82 Å². The Labute approximate surface area is 160 Å². The van der Waals surface area contributed by atoms with Crippen LogP contribution in [0.3, 0.4) is 0 Å². The van der Waals surface area contributed by atoms with Crippen LogP contribution in [0.4, 0.5) is 4.39 Å². The minimum atomic E-state index is -0.897. The maximum atomic E-state index is 13.0. The summed E-state index contributed by atoms with van der Waals surface area (Å²) in [6.45, 7) is 0.173. The quantitative estimate of drug-likeness (QED) is 0.447. The van der Waals surface area contributed by atoms with E-state index in [4.69, 9.17) is 21.1 Å². The lowest BCUT2D eigenvalue weighted by Gasteiger charge is -2.13. The number of nitrogens with one attached hydrogen (secondary N) is 2. The Kier molecular flexibility index (Phi) is 7.13. The molecule has 0 saturated carbocycles. The molecule has 0 bridgehead atoms. The lowest BCUT2D eigenvalue weighted by atomic mass is 10.2. The molecule has 0 aliphatic rings. The van der Waals surface area contributed by atoms with Gasteiger partial charge in [-0.1, -0.05) is 23.7 Å². The van der Waals surface area contributed by atoms with Gasteiger partial charge >= 0.3 is 11.8 Å². The van der Waals surface area contributed by atoms with Crippen LogP contribution in [-0.2, 0) is 16.2 Å². The molecule has 142 valence electrons. The molecule has 27 heavy (non-hydrogen) atoms. The van der Waals surface area contributed by atoms with E-state index in [1.54, 1.807) is 24.3 Å². The van der Waals surface area contributed by atoms with Gasteiger partial charge in [-0.15, -0.1) is 0 Å². The van der Waals surface area contributed by atoms with Crippen molar-refractivity contribution in [3.8, 4) is 11.5 Å². The number of benzene rings is 2. The number of hydrazone groups is 1. The third-order valence-corrected chi connectivity index (χ3v) is 3.64. The normalized spacial score (nSPS) is 10.5. The number of halogens is 2. The van der Waals surface area contributed by atoms with Crippen molar-refractivity contribution in [2.75, 3.05) is 14.2 Å². The number of methoxy groups -OCH3 is 1. The molecule has 0 heterocycles. The molecule has 2 aromatic carbocycles. The van der Waals surface area contributed by atoms with E-state index in [9.17, 15) is 14.0 Å². The fourth-order valence-corrected chi connectivity index (χ4v) is 2.29. The van der Waals surface area contributed by atoms with E-state index in [0.717, 1.165) is 5.56 Å². The predicted molar refractivity (Wildman–Crippen MR) is 98.5 cm³/mol. The Morgan fingerprint density at radius 1 is 1.22 bits per heavy atom. The number of hydrogen-bond acceptors (Lipinski definition) is 5. The van der Waals surface area contributed by atoms with Crippen LogP contribution < -0.4 is 20.2 Å². The number of hydrogen-bond donors (Lipinski definition) is 2. The smallest absolute Gasteiger partial charge is 0.329 e. The fraction of sp³-hybridized carbons (Fsp3) is 0.167. The van der Waals surface area contributed by atoms with Crippen LogP contribution in [0.2, 0.25) is 5.02 Å². The second-order valence-electron chi connectivity index (χ2n) is 5.23. The van der Waals surface area contributed by atoms with Crippen LogP contribution in [0.5, 0.6) is 11.5 Å². The molecule has 0 atom stereocenters. The highest BCUT2D eigenvalue weighted by atomic mass is 35.5. The molecule has 2 rings (SSSR count). The van der Waals surface area contributed by atoms with Crippen LogP contribution in [-0.4, -0.2) is 32.2 Å². The summed E-state index contributed by atoms with van der Waals surface area (Å²) < 4.78 is 23.9. The van der Waals surface area contributed by atoms with Gasteiger partial charge in [-0.2, -0.15) is 5.10 Å². The molecule has 0 aromatic heterocycles. The van der Waals surface area contributed by atoms with Crippen molar-refractivity contribution in [3.05, 3.63) is 58.4 Å². The fourth-order valence-electron chi connectivity index (χ4n) is 2.02. The number of carbonyl (C=O) groups excluding carboxylic acids is 2. The first-order chi connectivity index (χ1) is 12.9. The Bertz CT molecular complexity index is 856. The number of nitrogens with zero attached hydrogens (tertiary/aromatic N) is 1. The average molecular weight is 394 g/mol. The summed E-state index contributed by atoms with van der Waals surface area (Å²) in [5.41, 5.74) is 3.36. The third kappa shape index (κ3) is 5.68. The highest BCUT2D eigenvalue weighted by Crippen LogP contribution is 2.36. The maximum absolute atomic E-state index is 13.0. The van der Waals surface area contributed by atoms with Crippen LogP contribution >= 0.6 is 11.6 Å². The summed E-state index contributed by atoms with van der Waals surface area (Å²) in [4.78, 5) is 22.4. The predicted octanol–water partition coefficient (Wildman–Crippen LogP) is 2.26. The molecule has 0 spiro atoms. The molecule has 2 N–H and O–H groups in total. The van der Waals surface area contributed by atoms with E-state index >= 15 is 0 Å². The van der Waals surface area contributed by atoms with Crippen molar-refractivity contribution >= 4 is 29.6 Å². The highest BCUT2D eigenvalue weighted by molar-refractivity contribution is 6.35. The SMILES string of the molecule is CNC(=O)C(=O)N/N=C\c1cc(Cl)c(OCc2ccc(F)cc2)c(OC)c1. The Morgan fingerprint density at radius 2 is 1.93 bits per heavy atom. The molecule has 0 radical (unpaired) electrons. The standard InChI is InChI=1S/C18H17ClFN3O4/c1-21-17(24)18(25)23-22-9-12-7-14(19)16(15(8-12)26-2)27-10-11-3-5-13(20)6-4-11/h3-9H,10H2,1-2H3,(H,21,24)(H,23,25)/b22-9-. The van der Waals surface area contributed by atoms with E-state index in [0.29, 0.717) is 17.1 Å². The van der Waals surface area contributed by atoms with E-state index in [1.165, 1.54) is 32.5 Å². The van der Waals surface area contributed by atoms with Gasteiger partial charge in [0.2, 0.25) is 0 Å². The minimum absolute atomic E-state index is 0.173. The molecule has 0 unspecified atom stereocenters. The van der Waals surface area contributed by atoms with E-state index in [-0.39, 0.29) is 17.4 Å². The monoisotopic (exact) mass is 393 g/mol. The van der Waals surface area contributed by atoms with Gasteiger partial charge in [0.05, 0.1) is 18.3 Å². The Hall–Kier alpha value is -3.13. The molecular weight excluding hydrogens is 377 g/mol. The lowest BCUT2D eigenvalue weighted by Crippen LogP contribution is -2.35. The van der Waals surface area contributed by atoms with Gasteiger partial charge < -0.3 is 14.8 Å². The molecular formula is C18H17ClFN3O4. The van der Waals surface area contributed by atoms with E-state index in [1.807, 2.05) is 0 Å². The molecule has 0 aliphatic carbocycles. The van der Waals surface area contributed by atoms with E-state index < -0.39 is 11.8 Å². The van der Waals surface area contributed by atoms with Crippen molar-refractivity contribution < 1.29 is 23.5 Å². The second kappa shape index (κ2) is 9.54. The number of ether oxygens (including phenoxy) is 2. The molecule has 2 aromatic rings. The molecule has 0 saturated heterocycles. The van der Waals surface area contributed by atoms with Crippen molar-refractivity contribution in [1.29, 1.82) is 0 Å². The van der Waals surface area contributed by atoms with Crippen molar-refractivity contribution in [2.45, 2.75) is 6.61 Å². The summed E-state index contributed by atoms with van der Waals surface area (Å²) >= 11 is 6.24. The number of rotatable bonds is 6. The Morgan fingerprint density at radius 3 is 2.56 bits per heavy atom. The van der Waals surface area contributed by atoms with Gasteiger partial charge in [-0.05, 0) is 35.4 Å². The second-order valence-corrected chi connectivity index (χ2v) is 5.63. The summed E-state index contributed by atoms with van der Waals surface area (Å²) in [6.07, 6.45) is 1.30. The zero-order chi connectivity index (χ0) is 19.8. The van der Waals surface area contributed by atoms with Gasteiger partial charge in [0.25, 0.3) is 0 Å². The van der Waals surface area contributed by atoms with Crippen molar-refractivity contribution in [1.82, 2.24) is 10.7 Å². The molecule has 7 nitrogen and oxygen atoms in total.